The number of benzene rings is 1. The lowest BCUT2D eigenvalue weighted by Crippen LogP contribution is -2.17. The highest BCUT2D eigenvalue weighted by atomic mass is 16.5. The monoisotopic (exact) mass is 380 g/mol. The van der Waals surface area contributed by atoms with Gasteiger partial charge < -0.3 is 13.9 Å². The topological polar surface area (TPSA) is 102 Å². The predicted molar refractivity (Wildman–Crippen MR) is 105 cm³/mol. The Bertz CT molecular complexity index is 1000. The maximum Gasteiger partial charge on any atom is 0.289 e. The van der Waals surface area contributed by atoms with E-state index in [0.717, 1.165) is 11.1 Å². The van der Waals surface area contributed by atoms with Crippen LogP contribution in [0.5, 0.6) is 11.5 Å². The highest BCUT2D eigenvalue weighted by molar-refractivity contribution is 5.94. The zero-order chi connectivity index (χ0) is 19.9. The third-order valence-electron chi connectivity index (χ3n) is 3.85. The first-order valence-corrected chi connectivity index (χ1v) is 8.43. The number of rotatable bonds is 7. The van der Waals surface area contributed by atoms with Crippen LogP contribution in [0, 0.1) is 0 Å². The lowest BCUT2D eigenvalue weighted by Gasteiger charge is -2.08. The van der Waals surface area contributed by atoms with Gasteiger partial charge in [0.05, 0.1) is 32.4 Å². The SMILES string of the molecule is COc1ccc(-c2cc(C(=O)NN=CC(C)=Cc3ccco3)[nH]n2)cc1OC. The van der Waals surface area contributed by atoms with E-state index < -0.39 is 5.91 Å². The molecule has 0 aliphatic rings. The summed E-state index contributed by atoms with van der Waals surface area (Å²) in [6.07, 6.45) is 4.93. The minimum absolute atomic E-state index is 0.287. The number of carbonyl (C=O) groups is 1. The van der Waals surface area contributed by atoms with E-state index in [9.17, 15) is 4.79 Å². The van der Waals surface area contributed by atoms with Crippen molar-refractivity contribution in [2.24, 2.45) is 5.10 Å². The normalized spacial score (nSPS) is 11.6. The lowest BCUT2D eigenvalue weighted by molar-refractivity contribution is 0.0950. The Balaban J connectivity index is 1.66. The van der Waals surface area contributed by atoms with Crippen LogP contribution < -0.4 is 14.9 Å². The van der Waals surface area contributed by atoms with Gasteiger partial charge in [-0.1, -0.05) is 0 Å². The van der Waals surface area contributed by atoms with E-state index >= 15 is 0 Å². The molecule has 2 N–H and O–H groups in total. The summed E-state index contributed by atoms with van der Waals surface area (Å²) < 4.78 is 15.7. The average molecular weight is 380 g/mol. The van der Waals surface area contributed by atoms with Gasteiger partial charge in [-0.05, 0) is 55.0 Å². The summed E-state index contributed by atoms with van der Waals surface area (Å²) in [5, 5.41) is 10.8. The Morgan fingerprint density at radius 3 is 2.75 bits per heavy atom. The second-order valence-electron chi connectivity index (χ2n) is 5.84. The molecule has 0 saturated carbocycles. The fraction of sp³-hybridized carbons (Fsp3) is 0.150. The molecular formula is C20H20N4O4. The van der Waals surface area contributed by atoms with E-state index in [4.69, 9.17) is 13.9 Å². The average Bonchev–Trinajstić information content (AvgIpc) is 3.39. The Kier molecular flexibility index (Phi) is 5.91. The maximum absolute atomic E-state index is 12.2. The van der Waals surface area contributed by atoms with Gasteiger partial charge in [0.15, 0.2) is 11.5 Å². The Morgan fingerprint density at radius 1 is 1.21 bits per heavy atom. The number of hydrogen-bond acceptors (Lipinski definition) is 6. The number of hydrazone groups is 1. The van der Waals surface area contributed by atoms with Crippen LogP contribution in [0.4, 0.5) is 0 Å². The zero-order valence-electron chi connectivity index (χ0n) is 15.7. The number of aromatic nitrogens is 2. The first-order chi connectivity index (χ1) is 13.6. The summed E-state index contributed by atoms with van der Waals surface area (Å²) in [4.78, 5) is 12.2. The molecule has 0 unspecified atom stereocenters. The van der Waals surface area contributed by atoms with Crippen molar-refractivity contribution < 1.29 is 18.7 Å². The van der Waals surface area contributed by atoms with Crippen molar-refractivity contribution in [1.29, 1.82) is 0 Å². The summed E-state index contributed by atoms with van der Waals surface area (Å²) in [6.45, 7) is 1.85. The van der Waals surface area contributed by atoms with Crippen LogP contribution in [0.25, 0.3) is 17.3 Å². The van der Waals surface area contributed by atoms with Gasteiger partial charge in [0.25, 0.3) is 5.91 Å². The quantitative estimate of drug-likeness (QED) is 0.482. The summed E-state index contributed by atoms with van der Waals surface area (Å²) >= 11 is 0. The van der Waals surface area contributed by atoms with Crippen molar-refractivity contribution in [3.8, 4) is 22.8 Å². The molecule has 2 aromatic heterocycles. The number of nitrogens with zero attached hydrogens (tertiary/aromatic N) is 2. The number of furan rings is 1. The van der Waals surface area contributed by atoms with E-state index in [1.54, 1.807) is 50.8 Å². The molecule has 8 heteroatoms. The second-order valence-corrected chi connectivity index (χ2v) is 5.84. The van der Waals surface area contributed by atoms with Gasteiger partial charge in [0.2, 0.25) is 0 Å². The molecule has 8 nitrogen and oxygen atoms in total. The highest BCUT2D eigenvalue weighted by Crippen LogP contribution is 2.31. The van der Waals surface area contributed by atoms with E-state index in [-0.39, 0.29) is 5.69 Å². The molecule has 0 fully saturated rings. The first-order valence-electron chi connectivity index (χ1n) is 8.43. The van der Waals surface area contributed by atoms with Crippen molar-refractivity contribution in [2.45, 2.75) is 6.92 Å². The summed E-state index contributed by atoms with van der Waals surface area (Å²) in [5.41, 5.74) is 4.96. The van der Waals surface area contributed by atoms with Gasteiger partial charge in [-0.15, -0.1) is 0 Å². The zero-order valence-corrected chi connectivity index (χ0v) is 15.7. The Labute approximate surface area is 161 Å². The number of methoxy groups -OCH3 is 2. The van der Waals surface area contributed by atoms with Crippen LogP contribution in [-0.2, 0) is 0 Å². The molecule has 0 saturated heterocycles. The van der Waals surface area contributed by atoms with Crippen LogP contribution in [0.2, 0.25) is 0 Å². The fourth-order valence-electron chi connectivity index (χ4n) is 2.47. The summed E-state index contributed by atoms with van der Waals surface area (Å²) in [6, 6.07) is 10.7. The smallest absolute Gasteiger partial charge is 0.289 e. The molecule has 0 radical (unpaired) electrons. The van der Waals surface area contributed by atoms with Crippen molar-refractivity contribution in [3.05, 3.63) is 59.7 Å². The number of nitrogens with one attached hydrogen (secondary N) is 2. The number of aromatic amines is 1. The molecule has 3 aromatic rings. The van der Waals surface area contributed by atoms with Crippen LogP contribution in [0.15, 0.2) is 57.8 Å². The van der Waals surface area contributed by atoms with Gasteiger partial charge in [-0.2, -0.15) is 10.2 Å². The minimum atomic E-state index is -0.402. The molecule has 1 aromatic carbocycles. The molecule has 0 spiro atoms. The molecular weight excluding hydrogens is 360 g/mol. The second kappa shape index (κ2) is 8.72. The maximum atomic E-state index is 12.2. The number of ether oxygens (including phenoxy) is 2. The van der Waals surface area contributed by atoms with Gasteiger partial charge >= 0.3 is 0 Å². The van der Waals surface area contributed by atoms with Crippen LogP contribution >= 0.6 is 0 Å². The van der Waals surface area contributed by atoms with Crippen LogP contribution in [0.3, 0.4) is 0 Å². The van der Waals surface area contributed by atoms with Gasteiger partial charge in [-0.25, -0.2) is 5.43 Å². The molecule has 0 bridgehead atoms. The van der Waals surface area contributed by atoms with E-state index in [1.807, 2.05) is 19.1 Å². The van der Waals surface area contributed by atoms with E-state index in [2.05, 4.69) is 20.7 Å². The summed E-state index contributed by atoms with van der Waals surface area (Å²) in [7, 11) is 3.13. The van der Waals surface area contributed by atoms with E-state index in [0.29, 0.717) is 23.0 Å². The van der Waals surface area contributed by atoms with Crippen molar-refractivity contribution in [1.82, 2.24) is 15.6 Å². The number of carbonyl (C=O) groups excluding carboxylic acids is 1. The minimum Gasteiger partial charge on any atom is -0.493 e. The van der Waals surface area contributed by atoms with Gasteiger partial charge in [-0.3, -0.25) is 9.89 Å². The molecule has 2 heterocycles. The molecule has 0 atom stereocenters. The number of allylic oxidation sites excluding steroid dienone is 1. The Morgan fingerprint density at radius 2 is 2.04 bits per heavy atom. The molecule has 144 valence electrons. The number of hydrogen-bond donors (Lipinski definition) is 2. The number of amides is 1. The highest BCUT2D eigenvalue weighted by Gasteiger charge is 2.12. The van der Waals surface area contributed by atoms with Crippen molar-refractivity contribution in [3.63, 3.8) is 0 Å². The van der Waals surface area contributed by atoms with Crippen LogP contribution in [0.1, 0.15) is 23.2 Å². The van der Waals surface area contributed by atoms with Gasteiger partial charge in [0.1, 0.15) is 11.5 Å². The van der Waals surface area contributed by atoms with Gasteiger partial charge in [0, 0.05) is 5.56 Å². The molecule has 28 heavy (non-hydrogen) atoms. The van der Waals surface area contributed by atoms with Crippen molar-refractivity contribution in [2.75, 3.05) is 14.2 Å². The number of H-pyrrole nitrogens is 1. The third kappa shape index (κ3) is 4.47. The molecule has 0 aliphatic carbocycles. The molecule has 1 amide bonds. The van der Waals surface area contributed by atoms with E-state index in [1.165, 1.54) is 6.21 Å². The fourth-order valence-corrected chi connectivity index (χ4v) is 2.47. The summed E-state index contributed by atoms with van der Waals surface area (Å²) in [5.74, 6) is 1.51. The van der Waals surface area contributed by atoms with Crippen LogP contribution in [-0.4, -0.2) is 36.5 Å². The predicted octanol–water partition coefficient (Wildman–Crippen LogP) is 3.51. The molecule has 0 aliphatic heterocycles. The third-order valence-corrected chi connectivity index (χ3v) is 3.85. The standard InChI is InChI=1S/C20H20N4O4/c1-13(9-15-5-4-8-28-15)12-21-24-20(25)17-11-16(22-23-17)14-6-7-18(26-2)19(10-14)27-3/h4-12H,1-3H3,(H,22,23)(H,24,25). The Hall–Kier alpha value is -3.81. The largest absolute Gasteiger partial charge is 0.493 e. The molecule has 3 rings (SSSR count). The first kappa shape index (κ1) is 19.0. The van der Waals surface area contributed by atoms with Crippen molar-refractivity contribution >= 4 is 18.2 Å². The lowest BCUT2D eigenvalue weighted by atomic mass is 10.1.